The van der Waals surface area contributed by atoms with Crippen molar-refractivity contribution in [1.82, 2.24) is 0 Å². The summed E-state index contributed by atoms with van der Waals surface area (Å²) >= 11 is 0. The molecular formula is C14H24O3. The van der Waals surface area contributed by atoms with E-state index in [0.717, 1.165) is 51.4 Å². The average molecular weight is 240 g/mol. The first-order chi connectivity index (χ1) is 8.15. The van der Waals surface area contributed by atoms with Gasteiger partial charge in [0.05, 0.1) is 0 Å². The lowest BCUT2D eigenvalue weighted by Crippen LogP contribution is -2.14. The van der Waals surface area contributed by atoms with E-state index < -0.39 is 5.97 Å². The van der Waals surface area contributed by atoms with Crippen LogP contribution in [0.3, 0.4) is 0 Å². The molecule has 1 saturated carbocycles. The van der Waals surface area contributed by atoms with Gasteiger partial charge in [0.2, 0.25) is 0 Å². The SMILES string of the molecule is CC[C@H]1CCC(=O)[C@@H]1CCCCCCC(=O)O. The molecule has 0 saturated heterocycles. The second-order valence-electron chi connectivity index (χ2n) is 5.13. The van der Waals surface area contributed by atoms with Gasteiger partial charge in [-0.2, -0.15) is 0 Å². The minimum atomic E-state index is -0.706. The zero-order valence-corrected chi connectivity index (χ0v) is 10.8. The second kappa shape index (κ2) is 7.46. The standard InChI is InChI=1S/C14H24O3/c1-2-11-9-10-13(15)12(11)7-5-3-4-6-8-14(16)17/h11-12H,2-10H2,1H3,(H,16,17)/t11-,12+/m0/s1. The van der Waals surface area contributed by atoms with E-state index in [0.29, 0.717) is 17.6 Å². The summed E-state index contributed by atoms with van der Waals surface area (Å²) in [6.07, 6.45) is 8.16. The highest BCUT2D eigenvalue weighted by Crippen LogP contribution is 2.34. The van der Waals surface area contributed by atoms with Crippen molar-refractivity contribution in [3.63, 3.8) is 0 Å². The van der Waals surface area contributed by atoms with Gasteiger partial charge in [-0.25, -0.2) is 0 Å². The molecule has 0 aromatic carbocycles. The molecule has 2 atom stereocenters. The third kappa shape index (κ3) is 4.88. The van der Waals surface area contributed by atoms with Crippen LogP contribution in [-0.2, 0) is 9.59 Å². The lowest BCUT2D eigenvalue weighted by molar-refractivity contribution is -0.137. The molecule has 1 fully saturated rings. The molecule has 0 aliphatic heterocycles. The van der Waals surface area contributed by atoms with E-state index >= 15 is 0 Å². The van der Waals surface area contributed by atoms with Crippen LogP contribution in [0.1, 0.15) is 64.7 Å². The van der Waals surface area contributed by atoms with Crippen LogP contribution in [0.2, 0.25) is 0 Å². The summed E-state index contributed by atoms with van der Waals surface area (Å²) < 4.78 is 0. The first kappa shape index (κ1) is 14.2. The number of carboxylic acids is 1. The molecule has 0 aromatic heterocycles. The predicted octanol–water partition coefficient (Wildman–Crippen LogP) is 3.42. The second-order valence-corrected chi connectivity index (χ2v) is 5.13. The number of carbonyl (C=O) groups is 2. The summed E-state index contributed by atoms with van der Waals surface area (Å²) in [4.78, 5) is 22.0. The van der Waals surface area contributed by atoms with Gasteiger partial charge in [0.25, 0.3) is 0 Å². The third-order valence-electron chi connectivity index (χ3n) is 3.92. The molecule has 0 radical (unpaired) electrons. The van der Waals surface area contributed by atoms with E-state index in [4.69, 9.17) is 5.11 Å². The maximum atomic E-state index is 11.7. The Bertz CT molecular complexity index is 260. The largest absolute Gasteiger partial charge is 0.481 e. The van der Waals surface area contributed by atoms with Gasteiger partial charge in [-0.15, -0.1) is 0 Å². The van der Waals surface area contributed by atoms with E-state index in [-0.39, 0.29) is 6.42 Å². The zero-order chi connectivity index (χ0) is 12.7. The molecule has 98 valence electrons. The van der Waals surface area contributed by atoms with Gasteiger partial charge in [0.1, 0.15) is 5.78 Å². The zero-order valence-electron chi connectivity index (χ0n) is 10.8. The predicted molar refractivity (Wildman–Crippen MR) is 66.8 cm³/mol. The lowest BCUT2D eigenvalue weighted by atomic mass is 9.88. The number of Topliss-reactive ketones (excluding diaryl/α,β-unsaturated/α-hetero) is 1. The molecule has 17 heavy (non-hydrogen) atoms. The smallest absolute Gasteiger partial charge is 0.303 e. The van der Waals surface area contributed by atoms with Crippen molar-refractivity contribution in [2.45, 2.75) is 64.7 Å². The quantitative estimate of drug-likeness (QED) is 0.661. The van der Waals surface area contributed by atoms with Gasteiger partial charge in [-0.3, -0.25) is 9.59 Å². The van der Waals surface area contributed by atoms with Gasteiger partial charge < -0.3 is 5.11 Å². The lowest BCUT2D eigenvalue weighted by Gasteiger charge is -2.16. The first-order valence-corrected chi connectivity index (χ1v) is 6.89. The van der Waals surface area contributed by atoms with Crippen molar-refractivity contribution >= 4 is 11.8 Å². The number of ketones is 1. The van der Waals surface area contributed by atoms with Crippen molar-refractivity contribution in [3.05, 3.63) is 0 Å². The average Bonchev–Trinajstić information content (AvgIpc) is 2.64. The summed E-state index contributed by atoms with van der Waals surface area (Å²) in [7, 11) is 0. The van der Waals surface area contributed by atoms with Crippen molar-refractivity contribution < 1.29 is 14.7 Å². The molecule has 3 heteroatoms. The molecule has 0 unspecified atom stereocenters. The Morgan fingerprint density at radius 2 is 2.00 bits per heavy atom. The number of hydrogen-bond acceptors (Lipinski definition) is 2. The normalized spacial score (nSPS) is 24.2. The molecule has 0 amide bonds. The molecular weight excluding hydrogens is 216 g/mol. The van der Waals surface area contributed by atoms with Crippen molar-refractivity contribution in [2.75, 3.05) is 0 Å². The van der Waals surface area contributed by atoms with Crippen LogP contribution < -0.4 is 0 Å². The summed E-state index contributed by atoms with van der Waals surface area (Å²) in [6, 6.07) is 0. The number of carbonyl (C=O) groups excluding carboxylic acids is 1. The number of hydrogen-bond donors (Lipinski definition) is 1. The van der Waals surface area contributed by atoms with E-state index in [2.05, 4.69) is 6.92 Å². The van der Waals surface area contributed by atoms with Crippen molar-refractivity contribution in [1.29, 1.82) is 0 Å². The Kier molecular flexibility index (Phi) is 6.23. The molecule has 0 heterocycles. The van der Waals surface area contributed by atoms with Crippen LogP contribution >= 0.6 is 0 Å². The van der Waals surface area contributed by atoms with E-state index in [9.17, 15) is 9.59 Å². The number of rotatable bonds is 8. The fourth-order valence-electron chi connectivity index (χ4n) is 2.86. The number of unbranched alkanes of at least 4 members (excludes halogenated alkanes) is 3. The monoisotopic (exact) mass is 240 g/mol. The molecule has 1 aliphatic carbocycles. The summed E-state index contributed by atoms with van der Waals surface area (Å²) in [5.74, 6) is 0.672. The van der Waals surface area contributed by atoms with E-state index in [1.807, 2.05) is 0 Å². The number of aliphatic carboxylic acids is 1. The van der Waals surface area contributed by atoms with Crippen LogP contribution in [-0.4, -0.2) is 16.9 Å². The fourth-order valence-corrected chi connectivity index (χ4v) is 2.86. The van der Waals surface area contributed by atoms with Gasteiger partial charge in [0.15, 0.2) is 0 Å². The maximum absolute atomic E-state index is 11.7. The molecule has 0 bridgehead atoms. The van der Waals surface area contributed by atoms with Gasteiger partial charge in [-0.05, 0) is 25.2 Å². The van der Waals surface area contributed by atoms with Crippen LogP contribution in [0, 0.1) is 11.8 Å². The minimum absolute atomic E-state index is 0.278. The van der Waals surface area contributed by atoms with Crippen molar-refractivity contribution in [3.8, 4) is 0 Å². The molecule has 1 N–H and O–H groups in total. The highest BCUT2D eigenvalue weighted by molar-refractivity contribution is 5.83. The Hall–Kier alpha value is -0.860. The van der Waals surface area contributed by atoms with E-state index in [1.54, 1.807) is 0 Å². The fraction of sp³-hybridized carbons (Fsp3) is 0.857. The Balaban J connectivity index is 2.09. The van der Waals surface area contributed by atoms with Crippen molar-refractivity contribution in [2.24, 2.45) is 11.8 Å². The van der Waals surface area contributed by atoms with Gasteiger partial charge in [0, 0.05) is 18.8 Å². The van der Waals surface area contributed by atoms with Gasteiger partial charge in [-0.1, -0.05) is 32.6 Å². The Labute approximate surface area is 104 Å². The number of carboxylic acid groups (broad SMARTS) is 1. The summed E-state index contributed by atoms with van der Waals surface area (Å²) in [5.41, 5.74) is 0. The molecule has 0 aromatic rings. The van der Waals surface area contributed by atoms with Crippen LogP contribution in [0.5, 0.6) is 0 Å². The van der Waals surface area contributed by atoms with Crippen LogP contribution in [0.15, 0.2) is 0 Å². The van der Waals surface area contributed by atoms with Crippen LogP contribution in [0.25, 0.3) is 0 Å². The molecule has 3 nitrogen and oxygen atoms in total. The maximum Gasteiger partial charge on any atom is 0.303 e. The van der Waals surface area contributed by atoms with Gasteiger partial charge >= 0.3 is 5.97 Å². The summed E-state index contributed by atoms with van der Waals surface area (Å²) in [6.45, 7) is 2.17. The molecule has 0 spiro atoms. The first-order valence-electron chi connectivity index (χ1n) is 6.89. The molecule has 1 rings (SSSR count). The summed E-state index contributed by atoms with van der Waals surface area (Å²) in [5, 5.41) is 8.50. The van der Waals surface area contributed by atoms with Crippen LogP contribution in [0.4, 0.5) is 0 Å². The third-order valence-corrected chi connectivity index (χ3v) is 3.92. The Morgan fingerprint density at radius 3 is 2.65 bits per heavy atom. The molecule has 1 aliphatic rings. The topological polar surface area (TPSA) is 54.4 Å². The highest BCUT2D eigenvalue weighted by atomic mass is 16.4. The van der Waals surface area contributed by atoms with E-state index in [1.165, 1.54) is 0 Å². The minimum Gasteiger partial charge on any atom is -0.481 e. The Morgan fingerprint density at radius 1 is 1.29 bits per heavy atom. The highest BCUT2D eigenvalue weighted by Gasteiger charge is 2.32.